The molecule has 0 saturated carbocycles. The van der Waals surface area contributed by atoms with Crippen molar-refractivity contribution in [1.29, 1.82) is 0 Å². The normalized spacial score (nSPS) is 16.7. The van der Waals surface area contributed by atoms with Gasteiger partial charge in [-0.05, 0) is 28.5 Å². The van der Waals surface area contributed by atoms with Gasteiger partial charge in [-0.1, -0.05) is 55.5 Å². The number of hydrogen-bond acceptors (Lipinski definition) is 1. The number of rotatable bonds is 0. The molecule has 1 unspecified atom stereocenters. The van der Waals surface area contributed by atoms with E-state index in [-0.39, 0.29) is 0 Å². The van der Waals surface area contributed by atoms with Gasteiger partial charge in [0.25, 0.3) is 0 Å². The molecule has 2 heteroatoms. The predicted octanol–water partition coefficient (Wildman–Crippen LogP) is 4.97. The summed E-state index contributed by atoms with van der Waals surface area (Å²) in [6.45, 7) is 3.32. The average Bonchev–Trinajstić information content (AvgIpc) is 2.93. The van der Waals surface area contributed by atoms with E-state index in [1.54, 1.807) is 0 Å². The van der Waals surface area contributed by atoms with Crippen molar-refractivity contribution >= 4 is 21.8 Å². The van der Waals surface area contributed by atoms with Crippen molar-refractivity contribution in [3.63, 3.8) is 0 Å². The van der Waals surface area contributed by atoms with Gasteiger partial charge in [-0.2, -0.15) is 0 Å². The monoisotopic (exact) mass is 284 g/mol. The number of aromatic nitrogens is 2. The second-order valence-corrected chi connectivity index (χ2v) is 6.18. The average molecular weight is 284 g/mol. The molecule has 0 aliphatic carbocycles. The number of imidazole rings is 1. The number of nitrogens with zero attached hydrogens (tertiary/aromatic N) is 2. The zero-order chi connectivity index (χ0) is 14.7. The summed E-state index contributed by atoms with van der Waals surface area (Å²) in [7, 11) is 0. The quantitative estimate of drug-likeness (QED) is 0.445. The van der Waals surface area contributed by atoms with Crippen LogP contribution >= 0.6 is 0 Å². The predicted molar refractivity (Wildman–Crippen MR) is 91.1 cm³/mol. The summed E-state index contributed by atoms with van der Waals surface area (Å²) in [6.07, 6.45) is 0. The molecule has 106 valence electrons. The maximum absolute atomic E-state index is 4.90. The van der Waals surface area contributed by atoms with E-state index in [4.69, 9.17) is 4.98 Å². The Morgan fingerprint density at radius 1 is 0.955 bits per heavy atom. The molecule has 1 aliphatic heterocycles. The molecule has 5 rings (SSSR count). The smallest absolute Gasteiger partial charge is 0.141 e. The summed E-state index contributed by atoms with van der Waals surface area (Å²) >= 11 is 0. The molecule has 4 aromatic rings. The van der Waals surface area contributed by atoms with Crippen LogP contribution in [-0.4, -0.2) is 9.55 Å². The van der Waals surface area contributed by atoms with Gasteiger partial charge in [0.1, 0.15) is 5.82 Å². The summed E-state index contributed by atoms with van der Waals surface area (Å²) in [5, 5.41) is 2.68. The summed E-state index contributed by atoms with van der Waals surface area (Å²) in [6, 6.07) is 21.6. The molecule has 1 aliphatic rings. The van der Waals surface area contributed by atoms with E-state index in [1.807, 2.05) is 0 Å². The van der Waals surface area contributed by atoms with Crippen molar-refractivity contribution in [3.8, 4) is 11.4 Å². The first-order valence-electron chi connectivity index (χ1n) is 7.80. The zero-order valence-electron chi connectivity index (χ0n) is 12.5. The van der Waals surface area contributed by atoms with Gasteiger partial charge < -0.3 is 4.57 Å². The van der Waals surface area contributed by atoms with Crippen LogP contribution in [0, 0.1) is 0 Å². The minimum absolute atomic E-state index is 0.492. The number of benzene rings is 3. The lowest BCUT2D eigenvalue weighted by Crippen LogP contribution is -2.15. The Morgan fingerprint density at radius 3 is 2.73 bits per heavy atom. The maximum atomic E-state index is 4.90. The van der Waals surface area contributed by atoms with Gasteiger partial charge in [0.2, 0.25) is 0 Å². The first-order chi connectivity index (χ1) is 10.8. The highest BCUT2D eigenvalue weighted by Crippen LogP contribution is 2.41. The van der Waals surface area contributed by atoms with E-state index in [9.17, 15) is 0 Å². The highest BCUT2D eigenvalue weighted by molar-refractivity contribution is 5.93. The molecule has 0 saturated heterocycles. The van der Waals surface area contributed by atoms with E-state index in [0.717, 1.165) is 17.9 Å². The van der Waals surface area contributed by atoms with Gasteiger partial charge in [-0.3, -0.25) is 0 Å². The summed E-state index contributed by atoms with van der Waals surface area (Å²) in [5.41, 5.74) is 5.06. The fourth-order valence-corrected chi connectivity index (χ4v) is 3.85. The number of fused-ring (bicyclic) bond motifs is 7. The van der Waals surface area contributed by atoms with Crippen molar-refractivity contribution in [1.82, 2.24) is 9.55 Å². The number of hydrogen-bond donors (Lipinski definition) is 0. The second kappa shape index (κ2) is 4.20. The highest BCUT2D eigenvalue weighted by Gasteiger charge is 2.26. The van der Waals surface area contributed by atoms with Crippen LogP contribution in [0.4, 0.5) is 0 Å². The lowest BCUT2D eigenvalue weighted by molar-refractivity contribution is 0.602. The van der Waals surface area contributed by atoms with E-state index < -0.39 is 0 Å². The van der Waals surface area contributed by atoms with E-state index in [1.165, 1.54) is 27.4 Å². The van der Waals surface area contributed by atoms with Crippen molar-refractivity contribution < 1.29 is 0 Å². The Balaban J connectivity index is 1.92. The Bertz CT molecular complexity index is 1030. The van der Waals surface area contributed by atoms with E-state index in [0.29, 0.717) is 5.92 Å². The van der Waals surface area contributed by atoms with Crippen LogP contribution in [0.5, 0.6) is 0 Å². The molecule has 2 heterocycles. The largest absolute Gasteiger partial charge is 0.323 e. The van der Waals surface area contributed by atoms with Crippen LogP contribution in [0.2, 0.25) is 0 Å². The van der Waals surface area contributed by atoms with Crippen molar-refractivity contribution in [2.24, 2.45) is 0 Å². The molecule has 3 aromatic carbocycles. The molecule has 1 aromatic heterocycles. The van der Waals surface area contributed by atoms with Gasteiger partial charge in [0.05, 0.1) is 11.0 Å². The first kappa shape index (κ1) is 12.0. The van der Waals surface area contributed by atoms with Gasteiger partial charge >= 0.3 is 0 Å². The Hall–Kier alpha value is -2.61. The van der Waals surface area contributed by atoms with Gasteiger partial charge in [-0.25, -0.2) is 4.98 Å². The summed E-state index contributed by atoms with van der Waals surface area (Å²) < 4.78 is 2.37. The van der Waals surface area contributed by atoms with Crippen LogP contribution in [0.15, 0.2) is 60.7 Å². The van der Waals surface area contributed by atoms with Crippen LogP contribution < -0.4 is 0 Å². The lowest BCUT2D eigenvalue weighted by Gasteiger charge is -2.26. The first-order valence-corrected chi connectivity index (χ1v) is 7.80. The SMILES string of the molecule is CC1Cn2c(nc3ccccc32)-c2ccc3ccccc3c21. The maximum Gasteiger partial charge on any atom is 0.141 e. The Kier molecular flexibility index (Phi) is 2.29. The molecule has 22 heavy (non-hydrogen) atoms. The van der Waals surface area contributed by atoms with Crippen LogP contribution in [0.1, 0.15) is 18.4 Å². The molecule has 0 bridgehead atoms. The minimum atomic E-state index is 0.492. The summed E-state index contributed by atoms with van der Waals surface area (Å²) in [4.78, 5) is 4.90. The molecule has 0 radical (unpaired) electrons. The Labute approximate surface area is 129 Å². The third kappa shape index (κ3) is 1.47. The third-order valence-corrected chi connectivity index (χ3v) is 4.82. The summed E-state index contributed by atoms with van der Waals surface area (Å²) in [5.74, 6) is 1.60. The molecule has 2 nitrogen and oxygen atoms in total. The van der Waals surface area contributed by atoms with Crippen LogP contribution in [-0.2, 0) is 6.54 Å². The van der Waals surface area contributed by atoms with E-state index in [2.05, 4.69) is 72.2 Å². The Morgan fingerprint density at radius 2 is 1.77 bits per heavy atom. The third-order valence-electron chi connectivity index (χ3n) is 4.82. The zero-order valence-corrected chi connectivity index (χ0v) is 12.5. The molecule has 0 amide bonds. The molecule has 0 fully saturated rings. The van der Waals surface area contributed by atoms with Crippen LogP contribution in [0.25, 0.3) is 33.2 Å². The van der Waals surface area contributed by atoms with Gasteiger partial charge in [0, 0.05) is 18.0 Å². The molecule has 1 atom stereocenters. The van der Waals surface area contributed by atoms with Gasteiger partial charge in [-0.15, -0.1) is 0 Å². The highest BCUT2D eigenvalue weighted by atomic mass is 15.1. The molecular weight excluding hydrogens is 268 g/mol. The molecular formula is C20H16N2. The molecule has 0 spiro atoms. The van der Waals surface area contributed by atoms with E-state index >= 15 is 0 Å². The van der Waals surface area contributed by atoms with Crippen molar-refractivity contribution in [2.75, 3.05) is 0 Å². The fraction of sp³-hybridized carbons (Fsp3) is 0.150. The van der Waals surface area contributed by atoms with Crippen molar-refractivity contribution in [2.45, 2.75) is 19.4 Å². The minimum Gasteiger partial charge on any atom is -0.323 e. The standard InChI is InChI=1S/C20H16N2/c1-13-12-22-18-9-5-4-8-17(18)21-20(22)16-11-10-14-6-2-3-7-15(14)19(13)16/h2-11,13H,12H2,1H3. The number of para-hydroxylation sites is 2. The topological polar surface area (TPSA) is 17.8 Å². The van der Waals surface area contributed by atoms with Crippen molar-refractivity contribution in [3.05, 3.63) is 66.2 Å². The fourth-order valence-electron chi connectivity index (χ4n) is 3.85. The lowest BCUT2D eigenvalue weighted by atomic mass is 9.87. The second-order valence-electron chi connectivity index (χ2n) is 6.18. The van der Waals surface area contributed by atoms with Crippen LogP contribution in [0.3, 0.4) is 0 Å². The molecule has 0 N–H and O–H groups in total. The van der Waals surface area contributed by atoms with Gasteiger partial charge in [0.15, 0.2) is 0 Å².